The van der Waals surface area contributed by atoms with E-state index in [0.29, 0.717) is 18.0 Å². The summed E-state index contributed by atoms with van der Waals surface area (Å²) >= 11 is 0. The Morgan fingerprint density at radius 3 is 2.62 bits per heavy atom. The molecule has 2 fully saturated rings. The largest absolute Gasteiger partial charge is 0.481 e. The van der Waals surface area contributed by atoms with Gasteiger partial charge in [0.05, 0.1) is 5.56 Å². The topological polar surface area (TPSA) is 66.8 Å². The third-order valence-electron chi connectivity index (χ3n) is 4.77. The molecule has 112 valence electrons. The number of carboxylic acid groups (broad SMARTS) is 1. The number of carboxylic acids is 1. The Hall–Kier alpha value is -1.88. The van der Waals surface area contributed by atoms with Crippen molar-refractivity contribution < 1.29 is 19.4 Å². The van der Waals surface area contributed by atoms with Crippen LogP contribution in [0.25, 0.3) is 0 Å². The summed E-state index contributed by atoms with van der Waals surface area (Å²) in [6, 6.07) is 9.01. The second-order valence-electron chi connectivity index (χ2n) is 5.87. The maximum Gasteiger partial charge on any atom is 0.338 e. The number of rotatable bonds is 3. The molecule has 2 aliphatic rings. The van der Waals surface area contributed by atoms with Gasteiger partial charge in [-0.1, -0.05) is 18.2 Å². The van der Waals surface area contributed by atoms with E-state index in [1.54, 1.807) is 24.3 Å². The average Bonchev–Trinajstić information content (AvgIpc) is 2.72. The van der Waals surface area contributed by atoms with Crippen LogP contribution < -0.4 is 0 Å². The van der Waals surface area contributed by atoms with Crippen LogP contribution in [0.1, 0.15) is 29.6 Å². The molecule has 0 amide bonds. The summed E-state index contributed by atoms with van der Waals surface area (Å²) in [4.78, 5) is 25.9. The number of esters is 1. The molecule has 1 aromatic rings. The van der Waals surface area contributed by atoms with Crippen molar-refractivity contribution in [2.75, 3.05) is 7.05 Å². The highest BCUT2D eigenvalue weighted by molar-refractivity contribution is 5.89. The van der Waals surface area contributed by atoms with Crippen LogP contribution in [0.4, 0.5) is 0 Å². The maximum atomic E-state index is 12.2. The van der Waals surface area contributed by atoms with Gasteiger partial charge >= 0.3 is 11.9 Å². The number of hydrogen-bond acceptors (Lipinski definition) is 4. The number of piperidine rings is 1. The summed E-state index contributed by atoms with van der Waals surface area (Å²) in [5.74, 6) is -1.95. The van der Waals surface area contributed by atoms with Crippen molar-refractivity contribution in [3.63, 3.8) is 0 Å². The van der Waals surface area contributed by atoms with Gasteiger partial charge in [-0.15, -0.1) is 0 Å². The Labute approximate surface area is 123 Å². The van der Waals surface area contributed by atoms with Gasteiger partial charge in [-0.3, -0.25) is 9.69 Å². The fourth-order valence-corrected chi connectivity index (χ4v) is 3.65. The van der Waals surface area contributed by atoms with Gasteiger partial charge in [-0.25, -0.2) is 4.79 Å². The number of ether oxygens (including phenoxy) is 1. The quantitative estimate of drug-likeness (QED) is 0.859. The molecule has 1 aromatic carbocycles. The van der Waals surface area contributed by atoms with E-state index in [0.717, 1.165) is 12.8 Å². The molecule has 5 nitrogen and oxygen atoms in total. The zero-order valence-electron chi connectivity index (χ0n) is 11.9. The summed E-state index contributed by atoms with van der Waals surface area (Å²) < 4.78 is 5.53. The van der Waals surface area contributed by atoms with E-state index in [4.69, 9.17) is 4.74 Å². The summed E-state index contributed by atoms with van der Waals surface area (Å²) in [5.41, 5.74) is 0.466. The fraction of sp³-hybridized carbons (Fsp3) is 0.500. The minimum Gasteiger partial charge on any atom is -0.481 e. The number of carbonyl (C=O) groups excluding carboxylic acids is 1. The summed E-state index contributed by atoms with van der Waals surface area (Å²) in [6.45, 7) is 0. The standard InChI is InChI=1S/C16H19NO4/c1-17-11-7-8-12(17)14(15(18)19)13(9-11)21-16(20)10-5-3-2-4-6-10/h2-6,11-14H,7-9H2,1H3,(H,18,19)/t11-,12?,13?,14?/m1/s1. The molecule has 0 spiro atoms. The Bertz CT molecular complexity index is 544. The first-order valence-electron chi connectivity index (χ1n) is 7.28. The Morgan fingerprint density at radius 2 is 1.95 bits per heavy atom. The lowest BCUT2D eigenvalue weighted by atomic mass is 9.87. The van der Waals surface area contributed by atoms with E-state index in [2.05, 4.69) is 4.90 Å². The monoisotopic (exact) mass is 289 g/mol. The van der Waals surface area contributed by atoms with E-state index >= 15 is 0 Å². The summed E-state index contributed by atoms with van der Waals surface area (Å²) in [5, 5.41) is 9.51. The molecule has 5 heteroatoms. The van der Waals surface area contributed by atoms with Gasteiger partial charge in [0.1, 0.15) is 12.0 Å². The minimum absolute atomic E-state index is 0.0326. The summed E-state index contributed by atoms with van der Waals surface area (Å²) in [7, 11) is 1.97. The number of carbonyl (C=O) groups is 2. The van der Waals surface area contributed by atoms with Gasteiger partial charge in [0.15, 0.2) is 0 Å². The van der Waals surface area contributed by atoms with Crippen LogP contribution in [0.2, 0.25) is 0 Å². The van der Waals surface area contributed by atoms with Crippen LogP contribution >= 0.6 is 0 Å². The van der Waals surface area contributed by atoms with E-state index in [9.17, 15) is 14.7 Å². The average molecular weight is 289 g/mol. The highest BCUT2D eigenvalue weighted by atomic mass is 16.5. The SMILES string of the molecule is CN1C2CC[C@@H]1CC(OC(=O)c1ccccc1)C2C(=O)O. The van der Waals surface area contributed by atoms with Gasteiger partial charge in [-0.2, -0.15) is 0 Å². The lowest BCUT2D eigenvalue weighted by Gasteiger charge is -2.40. The zero-order chi connectivity index (χ0) is 15.0. The predicted molar refractivity (Wildman–Crippen MR) is 76.0 cm³/mol. The predicted octanol–water partition coefficient (Wildman–Crippen LogP) is 1.78. The lowest BCUT2D eigenvalue weighted by Crippen LogP contribution is -2.53. The first-order valence-corrected chi connectivity index (χ1v) is 7.28. The molecule has 0 aromatic heterocycles. The molecule has 3 rings (SSSR count). The van der Waals surface area contributed by atoms with Gasteiger partial charge in [-0.05, 0) is 32.0 Å². The third kappa shape index (κ3) is 2.53. The molecule has 2 heterocycles. The van der Waals surface area contributed by atoms with E-state index in [-0.39, 0.29) is 6.04 Å². The molecular formula is C16H19NO4. The van der Waals surface area contributed by atoms with Crippen molar-refractivity contribution in [2.24, 2.45) is 5.92 Å². The molecule has 0 radical (unpaired) electrons. The minimum atomic E-state index is -0.877. The molecule has 3 unspecified atom stereocenters. The third-order valence-corrected chi connectivity index (χ3v) is 4.77. The molecule has 2 aliphatic heterocycles. The smallest absolute Gasteiger partial charge is 0.338 e. The van der Waals surface area contributed by atoms with Crippen LogP contribution in [0.15, 0.2) is 30.3 Å². The molecular weight excluding hydrogens is 270 g/mol. The van der Waals surface area contributed by atoms with Crippen molar-refractivity contribution in [1.82, 2.24) is 4.90 Å². The molecule has 0 saturated carbocycles. The van der Waals surface area contributed by atoms with Crippen molar-refractivity contribution in [1.29, 1.82) is 0 Å². The van der Waals surface area contributed by atoms with Gasteiger partial charge in [0.2, 0.25) is 0 Å². The summed E-state index contributed by atoms with van der Waals surface area (Å²) in [6.07, 6.45) is 1.90. The second-order valence-corrected chi connectivity index (χ2v) is 5.87. The molecule has 21 heavy (non-hydrogen) atoms. The first kappa shape index (κ1) is 14.1. The number of nitrogens with zero attached hydrogens (tertiary/aromatic N) is 1. The van der Waals surface area contributed by atoms with Gasteiger partial charge < -0.3 is 9.84 Å². The highest BCUT2D eigenvalue weighted by Gasteiger charge is 2.50. The number of hydrogen-bond donors (Lipinski definition) is 1. The number of aliphatic carboxylic acids is 1. The Balaban J connectivity index is 1.78. The van der Waals surface area contributed by atoms with Crippen molar-refractivity contribution >= 4 is 11.9 Å². The van der Waals surface area contributed by atoms with Crippen LogP contribution in [0, 0.1) is 5.92 Å². The molecule has 4 atom stereocenters. The van der Waals surface area contributed by atoms with E-state index in [1.807, 2.05) is 13.1 Å². The molecule has 2 saturated heterocycles. The molecule has 2 bridgehead atoms. The number of benzene rings is 1. The first-order chi connectivity index (χ1) is 10.1. The van der Waals surface area contributed by atoms with E-state index < -0.39 is 24.0 Å². The van der Waals surface area contributed by atoms with Crippen LogP contribution in [-0.4, -0.2) is 47.2 Å². The second kappa shape index (κ2) is 5.48. The van der Waals surface area contributed by atoms with Gasteiger partial charge in [0.25, 0.3) is 0 Å². The van der Waals surface area contributed by atoms with Crippen LogP contribution in [0.3, 0.4) is 0 Å². The van der Waals surface area contributed by atoms with Crippen LogP contribution in [0.5, 0.6) is 0 Å². The highest BCUT2D eigenvalue weighted by Crippen LogP contribution is 2.39. The lowest BCUT2D eigenvalue weighted by molar-refractivity contribution is -0.152. The molecule has 0 aliphatic carbocycles. The Morgan fingerprint density at radius 1 is 1.24 bits per heavy atom. The maximum absolute atomic E-state index is 12.2. The zero-order valence-corrected chi connectivity index (χ0v) is 11.9. The van der Waals surface area contributed by atoms with Crippen molar-refractivity contribution in [2.45, 2.75) is 37.5 Å². The van der Waals surface area contributed by atoms with Crippen molar-refractivity contribution in [3.05, 3.63) is 35.9 Å². The molecule has 1 N–H and O–H groups in total. The Kier molecular flexibility index (Phi) is 3.68. The fourth-order valence-electron chi connectivity index (χ4n) is 3.65. The van der Waals surface area contributed by atoms with Gasteiger partial charge in [0, 0.05) is 18.5 Å². The van der Waals surface area contributed by atoms with Crippen molar-refractivity contribution in [3.8, 4) is 0 Å². The van der Waals surface area contributed by atoms with E-state index in [1.165, 1.54) is 0 Å². The normalized spacial score (nSPS) is 31.9. The van der Waals surface area contributed by atoms with Crippen LogP contribution in [-0.2, 0) is 9.53 Å². The number of fused-ring (bicyclic) bond motifs is 2.